The highest BCUT2D eigenvalue weighted by molar-refractivity contribution is 5.70. The van der Waals surface area contributed by atoms with E-state index < -0.39 is 0 Å². The predicted octanol–water partition coefficient (Wildman–Crippen LogP) is 1.88. The quantitative estimate of drug-likeness (QED) is 0.785. The molecule has 2 aliphatic heterocycles. The van der Waals surface area contributed by atoms with Gasteiger partial charge in [-0.25, -0.2) is 0 Å². The zero-order chi connectivity index (χ0) is 19.5. The maximum absolute atomic E-state index is 12.6. The van der Waals surface area contributed by atoms with E-state index in [1.807, 2.05) is 18.2 Å². The van der Waals surface area contributed by atoms with Crippen LogP contribution < -0.4 is 10.3 Å². The number of aryl methyl sites for hydroxylation is 1. The van der Waals surface area contributed by atoms with E-state index in [9.17, 15) is 10.1 Å². The Morgan fingerprint density at radius 1 is 1.29 bits per heavy atom. The van der Waals surface area contributed by atoms with Gasteiger partial charge in [0, 0.05) is 31.4 Å². The number of pyridine rings is 1. The lowest BCUT2D eigenvalue weighted by atomic mass is 9.92. The van der Waals surface area contributed by atoms with Gasteiger partial charge in [-0.05, 0) is 23.6 Å². The molecule has 0 bridgehead atoms. The molecule has 4 rings (SSSR count). The Morgan fingerprint density at radius 3 is 2.93 bits per heavy atom. The van der Waals surface area contributed by atoms with Crippen LogP contribution in [0.1, 0.15) is 16.7 Å². The first-order chi connectivity index (χ1) is 13.7. The molecule has 1 aromatic carbocycles. The Hall–Kier alpha value is -2.66. The second kappa shape index (κ2) is 8.15. The number of benzene rings is 1. The van der Waals surface area contributed by atoms with Crippen LogP contribution in [0.4, 0.5) is 0 Å². The van der Waals surface area contributed by atoms with Gasteiger partial charge in [-0.2, -0.15) is 5.26 Å². The molecule has 1 atom stereocenters. The van der Waals surface area contributed by atoms with Gasteiger partial charge in [0.05, 0.1) is 43.8 Å². The van der Waals surface area contributed by atoms with Crippen molar-refractivity contribution in [3.05, 3.63) is 51.3 Å². The number of aromatic nitrogens is 1. The highest BCUT2D eigenvalue weighted by Gasteiger charge is 2.21. The minimum Gasteiger partial charge on any atom is -0.491 e. The molecule has 0 saturated carbocycles. The molecule has 7 nitrogen and oxygen atoms in total. The Balaban J connectivity index is 1.67. The lowest BCUT2D eigenvalue weighted by Crippen LogP contribution is -2.33. The summed E-state index contributed by atoms with van der Waals surface area (Å²) in [5.41, 5.74) is 4.07. The summed E-state index contributed by atoms with van der Waals surface area (Å²) in [5.74, 6) is 0.498. The van der Waals surface area contributed by atoms with Gasteiger partial charge in [-0.3, -0.25) is 4.79 Å². The zero-order valence-corrected chi connectivity index (χ0v) is 15.8. The number of nitrogens with zero attached hydrogens (tertiary/aromatic N) is 2. The standard InChI is InChI=1S/C21H22N2O5/c1-25-11-16-6-14-2-3-23-20(19(14)7-15(16)10-22)8-17(9-21(23)24)28-13-18-12-26-4-5-27-18/h6-9,18H,2-5,11-13H2,1H3/t18-/m0/s1. The Labute approximate surface area is 163 Å². The molecule has 2 aromatic rings. The first-order valence-electron chi connectivity index (χ1n) is 9.32. The van der Waals surface area contributed by atoms with Gasteiger partial charge >= 0.3 is 0 Å². The van der Waals surface area contributed by atoms with E-state index in [0.717, 1.165) is 28.8 Å². The van der Waals surface area contributed by atoms with Gasteiger partial charge in [0.15, 0.2) is 0 Å². The first kappa shape index (κ1) is 18.7. The summed E-state index contributed by atoms with van der Waals surface area (Å²) in [6, 6.07) is 9.44. The third kappa shape index (κ3) is 3.67. The van der Waals surface area contributed by atoms with Crippen LogP contribution in [0.5, 0.6) is 5.75 Å². The van der Waals surface area contributed by atoms with Crippen molar-refractivity contribution in [1.29, 1.82) is 5.26 Å². The van der Waals surface area contributed by atoms with Crippen molar-refractivity contribution in [1.82, 2.24) is 4.57 Å². The molecule has 0 spiro atoms. The summed E-state index contributed by atoms with van der Waals surface area (Å²) in [4.78, 5) is 12.6. The fourth-order valence-corrected chi connectivity index (χ4v) is 3.68. The molecule has 0 radical (unpaired) electrons. The Morgan fingerprint density at radius 2 is 2.18 bits per heavy atom. The van der Waals surface area contributed by atoms with Gasteiger partial charge in [-0.15, -0.1) is 0 Å². The molecule has 146 valence electrons. The molecular formula is C21H22N2O5. The molecule has 7 heteroatoms. The van der Waals surface area contributed by atoms with Gasteiger partial charge in [0.1, 0.15) is 18.5 Å². The average Bonchev–Trinajstić information content (AvgIpc) is 2.72. The SMILES string of the molecule is COCc1cc2c(cc1C#N)-c1cc(OC[C@@H]3COCCO3)cc(=O)n1CC2. The van der Waals surface area contributed by atoms with E-state index in [0.29, 0.717) is 50.9 Å². The van der Waals surface area contributed by atoms with E-state index >= 15 is 0 Å². The van der Waals surface area contributed by atoms with Crippen LogP contribution in [0.3, 0.4) is 0 Å². The fraction of sp³-hybridized carbons (Fsp3) is 0.429. The third-order valence-corrected chi connectivity index (χ3v) is 5.05. The molecule has 1 aromatic heterocycles. The van der Waals surface area contributed by atoms with E-state index in [4.69, 9.17) is 18.9 Å². The van der Waals surface area contributed by atoms with Crippen molar-refractivity contribution in [2.75, 3.05) is 33.5 Å². The van der Waals surface area contributed by atoms with Crippen LogP contribution in [0.2, 0.25) is 0 Å². The number of ether oxygens (including phenoxy) is 4. The average molecular weight is 382 g/mol. The largest absolute Gasteiger partial charge is 0.491 e. The minimum atomic E-state index is -0.137. The Bertz CT molecular complexity index is 970. The number of methoxy groups -OCH3 is 1. The molecular weight excluding hydrogens is 360 g/mol. The van der Waals surface area contributed by atoms with Crippen LogP contribution in [-0.4, -0.2) is 44.2 Å². The number of hydrogen-bond donors (Lipinski definition) is 0. The lowest BCUT2D eigenvalue weighted by Gasteiger charge is -2.25. The van der Waals surface area contributed by atoms with E-state index in [1.165, 1.54) is 6.07 Å². The highest BCUT2D eigenvalue weighted by atomic mass is 16.6. The third-order valence-electron chi connectivity index (χ3n) is 5.05. The van der Waals surface area contributed by atoms with Gasteiger partial charge in [0.2, 0.25) is 0 Å². The number of fused-ring (bicyclic) bond motifs is 3. The van der Waals surface area contributed by atoms with E-state index in [1.54, 1.807) is 11.7 Å². The topological polar surface area (TPSA) is 82.7 Å². The molecule has 0 N–H and O–H groups in total. The maximum atomic E-state index is 12.6. The van der Waals surface area contributed by atoms with Crippen molar-refractivity contribution in [3.63, 3.8) is 0 Å². The van der Waals surface area contributed by atoms with Crippen LogP contribution >= 0.6 is 0 Å². The van der Waals surface area contributed by atoms with Crippen LogP contribution in [0.25, 0.3) is 11.3 Å². The van der Waals surface area contributed by atoms with Crippen molar-refractivity contribution in [2.24, 2.45) is 0 Å². The lowest BCUT2D eigenvalue weighted by molar-refractivity contribution is -0.101. The van der Waals surface area contributed by atoms with Gasteiger partial charge in [-0.1, -0.05) is 6.07 Å². The Kier molecular flexibility index (Phi) is 5.44. The molecule has 1 fully saturated rings. The summed E-state index contributed by atoms with van der Waals surface area (Å²) in [5, 5.41) is 9.51. The molecule has 0 aliphatic carbocycles. The summed E-state index contributed by atoms with van der Waals surface area (Å²) in [6.07, 6.45) is 0.597. The van der Waals surface area contributed by atoms with Crippen molar-refractivity contribution < 1.29 is 18.9 Å². The summed E-state index contributed by atoms with van der Waals surface area (Å²) in [6.45, 7) is 2.94. The van der Waals surface area contributed by atoms with Crippen molar-refractivity contribution in [3.8, 4) is 23.1 Å². The second-order valence-corrected chi connectivity index (χ2v) is 6.91. The van der Waals surface area contributed by atoms with Crippen molar-refractivity contribution >= 4 is 0 Å². The number of nitriles is 1. The van der Waals surface area contributed by atoms with Gasteiger partial charge < -0.3 is 23.5 Å². The summed E-state index contributed by atoms with van der Waals surface area (Å²) < 4.78 is 23.7. The smallest absolute Gasteiger partial charge is 0.254 e. The number of hydrogen-bond acceptors (Lipinski definition) is 6. The highest BCUT2D eigenvalue weighted by Crippen LogP contribution is 2.33. The number of rotatable bonds is 5. The first-order valence-corrected chi connectivity index (χ1v) is 9.32. The molecule has 0 amide bonds. The predicted molar refractivity (Wildman–Crippen MR) is 101 cm³/mol. The minimum absolute atomic E-state index is 0.113. The maximum Gasteiger partial charge on any atom is 0.254 e. The summed E-state index contributed by atoms with van der Waals surface area (Å²) in [7, 11) is 1.61. The molecule has 28 heavy (non-hydrogen) atoms. The van der Waals surface area contributed by atoms with E-state index in [-0.39, 0.29) is 11.7 Å². The van der Waals surface area contributed by atoms with Crippen LogP contribution in [0, 0.1) is 11.3 Å². The van der Waals surface area contributed by atoms with Crippen molar-refractivity contribution in [2.45, 2.75) is 25.7 Å². The normalized spacial score (nSPS) is 18.1. The molecule has 2 aliphatic rings. The second-order valence-electron chi connectivity index (χ2n) is 6.91. The van der Waals surface area contributed by atoms with Crippen LogP contribution in [0.15, 0.2) is 29.1 Å². The van der Waals surface area contributed by atoms with Gasteiger partial charge in [0.25, 0.3) is 5.56 Å². The van der Waals surface area contributed by atoms with E-state index in [2.05, 4.69) is 6.07 Å². The molecule has 0 unspecified atom stereocenters. The molecule has 3 heterocycles. The monoisotopic (exact) mass is 382 g/mol. The zero-order valence-electron chi connectivity index (χ0n) is 15.8. The molecule has 1 saturated heterocycles. The summed E-state index contributed by atoms with van der Waals surface area (Å²) >= 11 is 0. The van der Waals surface area contributed by atoms with Crippen LogP contribution in [-0.2, 0) is 33.8 Å². The fourth-order valence-electron chi connectivity index (χ4n) is 3.68.